The number of hydrogen-bond donors (Lipinski definition) is 0. The fraction of sp³-hybridized carbons (Fsp3) is 0.280. The monoisotopic (exact) mass is 530 g/mol. The highest BCUT2D eigenvalue weighted by atomic mass is 35.5. The van der Waals surface area contributed by atoms with E-state index in [-0.39, 0.29) is 13.2 Å². The van der Waals surface area contributed by atoms with Gasteiger partial charge in [-0.3, -0.25) is 4.57 Å². The SMILES string of the molecule is C=C(/C=C\C=C(/C)C(F)(F)F)[C@H]1COC(c2ncn3c2Cn2c(COC)nnc2-c2cc(Cl)ccc2-3)=N1. The van der Waals surface area contributed by atoms with E-state index < -0.39 is 17.8 Å². The third-order valence-corrected chi connectivity index (χ3v) is 6.35. The van der Waals surface area contributed by atoms with Crippen molar-refractivity contribution < 1.29 is 22.6 Å². The molecule has 0 spiro atoms. The predicted molar refractivity (Wildman–Crippen MR) is 132 cm³/mol. The van der Waals surface area contributed by atoms with Crippen LogP contribution in [-0.2, 0) is 22.6 Å². The van der Waals surface area contributed by atoms with E-state index in [2.05, 4.69) is 26.8 Å². The van der Waals surface area contributed by atoms with Gasteiger partial charge < -0.3 is 14.0 Å². The maximum Gasteiger partial charge on any atom is 0.412 e. The number of benzene rings is 1. The molecule has 8 nitrogen and oxygen atoms in total. The van der Waals surface area contributed by atoms with E-state index in [1.54, 1.807) is 19.5 Å². The molecular weight excluding hydrogens is 509 g/mol. The van der Waals surface area contributed by atoms with Gasteiger partial charge >= 0.3 is 6.18 Å². The van der Waals surface area contributed by atoms with Gasteiger partial charge in [-0.15, -0.1) is 10.2 Å². The quantitative estimate of drug-likeness (QED) is 0.326. The molecule has 1 aromatic carbocycles. The molecule has 0 unspecified atom stereocenters. The van der Waals surface area contributed by atoms with Crippen molar-refractivity contribution in [2.45, 2.75) is 32.3 Å². The van der Waals surface area contributed by atoms with Crippen LogP contribution in [0, 0.1) is 0 Å². The molecule has 5 rings (SSSR count). The van der Waals surface area contributed by atoms with Gasteiger partial charge in [-0.05, 0) is 30.7 Å². The van der Waals surface area contributed by atoms with Crippen molar-refractivity contribution in [3.63, 3.8) is 0 Å². The second-order valence-electron chi connectivity index (χ2n) is 8.57. The number of alkyl halides is 3. The largest absolute Gasteiger partial charge is 0.474 e. The summed E-state index contributed by atoms with van der Waals surface area (Å²) in [5.74, 6) is 1.61. The van der Waals surface area contributed by atoms with E-state index in [9.17, 15) is 13.2 Å². The maximum absolute atomic E-state index is 12.7. The summed E-state index contributed by atoms with van der Waals surface area (Å²) in [6.07, 6.45) is 1.13. The fourth-order valence-corrected chi connectivity index (χ4v) is 4.28. The standard InChI is InChI=1S/C25H22ClF3N6O2/c1-14(5-4-6-15(2)25(27,28)29)18-11-37-24(31-18)22-20-10-34-21(12-36-3)32-33-23(34)17-9-16(26)7-8-19(17)35(20)13-30-22/h4-9,13,18H,1,10-12H2,2-3H3/b5-4-,15-6+/t18-/m1/s1. The van der Waals surface area contributed by atoms with Crippen molar-refractivity contribution in [3.05, 3.63) is 82.7 Å². The van der Waals surface area contributed by atoms with Gasteiger partial charge in [0.1, 0.15) is 31.3 Å². The molecule has 37 heavy (non-hydrogen) atoms. The molecule has 0 saturated carbocycles. The van der Waals surface area contributed by atoms with Crippen LogP contribution in [0.25, 0.3) is 17.1 Å². The van der Waals surface area contributed by atoms with E-state index >= 15 is 0 Å². The number of aromatic nitrogens is 5. The first-order chi connectivity index (χ1) is 17.7. The highest BCUT2D eigenvalue weighted by Crippen LogP contribution is 2.35. The summed E-state index contributed by atoms with van der Waals surface area (Å²) in [6.45, 7) is 5.80. The number of allylic oxidation sites excluding steroid dienone is 3. The minimum absolute atomic E-state index is 0.200. The third-order valence-electron chi connectivity index (χ3n) is 6.12. The van der Waals surface area contributed by atoms with Gasteiger partial charge in [0.15, 0.2) is 11.6 Å². The minimum Gasteiger partial charge on any atom is -0.474 e. The van der Waals surface area contributed by atoms with Crippen LogP contribution >= 0.6 is 11.6 Å². The van der Waals surface area contributed by atoms with Crippen molar-refractivity contribution in [1.29, 1.82) is 0 Å². The van der Waals surface area contributed by atoms with Crippen molar-refractivity contribution in [3.8, 4) is 17.1 Å². The van der Waals surface area contributed by atoms with E-state index in [0.717, 1.165) is 29.9 Å². The Bertz CT molecular complexity index is 1470. The number of fused-ring (bicyclic) bond motifs is 5. The molecule has 0 radical (unpaired) electrons. The lowest BCUT2D eigenvalue weighted by Crippen LogP contribution is -2.13. The highest BCUT2D eigenvalue weighted by Gasteiger charge is 2.31. The van der Waals surface area contributed by atoms with Crippen LogP contribution in [0.1, 0.15) is 24.1 Å². The van der Waals surface area contributed by atoms with E-state index in [0.29, 0.717) is 40.4 Å². The first kappa shape index (κ1) is 25.0. The number of nitrogens with zero attached hydrogens (tertiary/aromatic N) is 6. The van der Waals surface area contributed by atoms with Crippen molar-refractivity contribution >= 4 is 17.5 Å². The molecule has 2 aliphatic rings. The zero-order chi connectivity index (χ0) is 26.3. The van der Waals surface area contributed by atoms with Gasteiger partial charge in [0.25, 0.3) is 0 Å². The van der Waals surface area contributed by atoms with Gasteiger partial charge in [-0.1, -0.05) is 36.4 Å². The molecule has 192 valence electrons. The van der Waals surface area contributed by atoms with Crippen LogP contribution in [0.5, 0.6) is 0 Å². The summed E-state index contributed by atoms with van der Waals surface area (Å²) in [5, 5.41) is 9.24. The van der Waals surface area contributed by atoms with Crippen molar-refractivity contribution in [2.75, 3.05) is 13.7 Å². The number of rotatable bonds is 6. The Kier molecular flexibility index (Phi) is 6.50. The molecule has 0 amide bonds. The first-order valence-corrected chi connectivity index (χ1v) is 11.6. The third kappa shape index (κ3) is 4.72. The number of hydrogen-bond acceptors (Lipinski definition) is 6. The van der Waals surface area contributed by atoms with Gasteiger partial charge in [0.05, 0.1) is 17.9 Å². The number of aliphatic imine (C=N–C) groups is 1. The predicted octanol–water partition coefficient (Wildman–Crippen LogP) is 5.06. The Morgan fingerprint density at radius 2 is 2.14 bits per heavy atom. The molecule has 4 heterocycles. The average Bonchev–Trinajstić information content (AvgIpc) is 3.56. The summed E-state index contributed by atoms with van der Waals surface area (Å²) in [7, 11) is 1.58. The van der Waals surface area contributed by atoms with Crippen LogP contribution in [0.2, 0.25) is 5.02 Å². The number of methoxy groups -OCH3 is 1. The van der Waals surface area contributed by atoms with Crippen LogP contribution in [0.15, 0.2) is 65.5 Å². The normalized spacial score (nSPS) is 17.2. The molecular formula is C25H22ClF3N6O2. The molecule has 0 saturated heterocycles. The Hall–Kier alpha value is -3.70. The molecule has 2 aromatic heterocycles. The number of halogens is 4. The van der Waals surface area contributed by atoms with Crippen LogP contribution in [0.4, 0.5) is 13.2 Å². The van der Waals surface area contributed by atoms with Crippen LogP contribution in [-0.4, -0.2) is 56.1 Å². The van der Waals surface area contributed by atoms with Crippen LogP contribution < -0.4 is 0 Å². The van der Waals surface area contributed by atoms with E-state index in [4.69, 9.17) is 21.1 Å². The Balaban J connectivity index is 1.49. The Morgan fingerprint density at radius 1 is 1.32 bits per heavy atom. The Labute approximate surface area is 215 Å². The smallest absolute Gasteiger partial charge is 0.412 e. The van der Waals surface area contributed by atoms with Gasteiger partial charge in [-0.2, -0.15) is 13.2 Å². The van der Waals surface area contributed by atoms with Gasteiger partial charge in [0, 0.05) is 23.3 Å². The minimum atomic E-state index is -4.37. The molecule has 0 bridgehead atoms. The number of ether oxygens (including phenoxy) is 2. The fourth-order valence-electron chi connectivity index (χ4n) is 4.11. The summed E-state index contributed by atoms with van der Waals surface area (Å²) in [4.78, 5) is 9.22. The summed E-state index contributed by atoms with van der Waals surface area (Å²) in [5.41, 5.74) is 2.77. The van der Waals surface area contributed by atoms with E-state index in [1.807, 2.05) is 21.3 Å². The molecule has 3 aromatic rings. The lowest BCUT2D eigenvalue weighted by atomic mass is 10.1. The first-order valence-electron chi connectivity index (χ1n) is 11.3. The lowest BCUT2D eigenvalue weighted by molar-refractivity contribution is -0.0913. The molecule has 0 fully saturated rings. The average molecular weight is 531 g/mol. The Morgan fingerprint density at radius 3 is 2.89 bits per heavy atom. The molecule has 2 aliphatic heterocycles. The number of imidazole rings is 1. The zero-order valence-corrected chi connectivity index (χ0v) is 20.7. The lowest BCUT2D eigenvalue weighted by Gasteiger charge is -2.09. The summed E-state index contributed by atoms with van der Waals surface area (Å²) >= 11 is 6.30. The molecule has 12 heteroatoms. The van der Waals surface area contributed by atoms with Crippen molar-refractivity contribution in [2.24, 2.45) is 4.99 Å². The van der Waals surface area contributed by atoms with Crippen LogP contribution in [0.3, 0.4) is 0 Å². The maximum atomic E-state index is 12.7. The molecule has 1 atom stereocenters. The summed E-state index contributed by atoms with van der Waals surface area (Å²) in [6, 6.07) is 5.05. The van der Waals surface area contributed by atoms with Crippen molar-refractivity contribution in [1.82, 2.24) is 24.3 Å². The van der Waals surface area contributed by atoms with Gasteiger partial charge in [-0.25, -0.2) is 9.98 Å². The molecule has 0 aliphatic carbocycles. The zero-order valence-electron chi connectivity index (χ0n) is 20.0. The highest BCUT2D eigenvalue weighted by molar-refractivity contribution is 6.31. The topological polar surface area (TPSA) is 79.4 Å². The summed E-state index contributed by atoms with van der Waals surface area (Å²) < 4.78 is 53.2. The van der Waals surface area contributed by atoms with Gasteiger partial charge in [0.2, 0.25) is 5.90 Å². The molecule has 0 N–H and O–H groups in total. The van der Waals surface area contributed by atoms with E-state index in [1.165, 1.54) is 12.2 Å². The second-order valence-corrected chi connectivity index (χ2v) is 9.01. The second kappa shape index (κ2) is 9.64.